The minimum absolute atomic E-state index is 0.199. The lowest BCUT2D eigenvalue weighted by Crippen LogP contribution is -2.54. The highest BCUT2D eigenvalue weighted by molar-refractivity contribution is 5.67. The first-order valence-corrected chi connectivity index (χ1v) is 8.80. The summed E-state index contributed by atoms with van der Waals surface area (Å²) in [4.78, 5) is 30.1. The summed E-state index contributed by atoms with van der Waals surface area (Å²) in [7, 11) is 0. The lowest BCUT2D eigenvalue weighted by molar-refractivity contribution is -0.389. The molecule has 0 bridgehead atoms. The number of carbonyl (C=O) groups excluding carboxylic acids is 1. The summed E-state index contributed by atoms with van der Waals surface area (Å²) in [6.07, 6.45) is 1.15. The molecule has 144 valence electrons. The molecule has 1 aromatic rings. The van der Waals surface area contributed by atoms with Crippen LogP contribution in [0.4, 0.5) is 10.6 Å². The average Bonchev–Trinajstić information content (AvgIpc) is 3.08. The molecule has 0 aliphatic carbocycles. The molecule has 1 saturated heterocycles. The Morgan fingerprint density at radius 3 is 2.69 bits per heavy atom. The predicted octanol–water partition coefficient (Wildman–Crippen LogP) is 1.35. The van der Waals surface area contributed by atoms with Crippen LogP contribution in [-0.2, 0) is 11.3 Å². The Balaban J connectivity index is 1.48. The Morgan fingerprint density at radius 1 is 1.42 bits per heavy atom. The first-order valence-electron chi connectivity index (χ1n) is 8.80. The summed E-state index contributed by atoms with van der Waals surface area (Å²) < 4.78 is 12.8. The third kappa shape index (κ3) is 4.06. The molecule has 10 nitrogen and oxygen atoms in total. The van der Waals surface area contributed by atoms with Gasteiger partial charge >= 0.3 is 17.9 Å². The van der Waals surface area contributed by atoms with Crippen LogP contribution >= 0.6 is 0 Å². The lowest BCUT2D eigenvalue weighted by atomic mass is 10.1. The molecule has 0 N–H and O–H groups in total. The molecule has 0 spiro atoms. The number of hydrogen-bond acceptors (Lipinski definition) is 7. The van der Waals surface area contributed by atoms with E-state index in [1.54, 1.807) is 9.47 Å². The average molecular weight is 367 g/mol. The highest BCUT2D eigenvalue weighted by Gasteiger charge is 2.42. The van der Waals surface area contributed by atoms with Crippen LogP contribution < -0.4 is 4.74 Å². The number of ether oxygens (including phenoxy) is 2. The van der Waals surface area contributed by atoms with E-state index in [9.17, 15) is 14.9 Å². The van der Waals surface area contributed by atoms with Gasteiger partial charge < -0.3 is 24.5 Å². The predicted molar refractivity (Wildman–Crippen MR) is 92.1 cm³/mol. The Kier molecular flexibility index (Phi) is 5.03. The van der Waals surface area contributed by atoms with Crippen molar-refractivity contribution >= 4 is 11.9 Å². The fraction of sp³-hybridized carbons (Fsp3) is 0.750. The molecule has 2 aliphatic heterocycles. The summed E-state index contributed by atoms with van der Waals surface area (Å²) in [5, 5.41) is 10.8. The maximum Gasteiger partial charge on any atom is 0.415 e. The van der Waals surface area contributed by atoms with Crippen molar-refractivity contribution in [3.05, 3.63) is 16.3 Å². The van der Waals surface area contributed by atoms with Gasteiger partial charge in [0, 0.05) is 37.7 Å². The van der Waals surface area contributed by atoms with E-state index in [0.29, 0.717) is 38.7 Å². The summed E-state index contributed by atoms with van der Waals surface area (Å²) in [5.74, 6) is 0.123. The van der Waals surface area contributed by atoms with E-state index in [0.717, 1.165) is 13.1 Å². The van der Waals surface area contributed by atoms with Crippen molar-refractivity contribution in [2.75, 3.05) is 39.3 Å². The second-order valence-corrected chi connectivity index (χ2v) is 7.55. The first kappa shape index (κ1) is 18.4. The number of fused-ring (bicyclic) bond motifs is 1. The molecule has 1 atom stereocenters. The van der Waals surface area contributed by atoms with Gasteiger partial charge in [-0.2, -0.15) is 0 Å². The molecular weight excluding hydrogens is 342 g/mol. The van der Waals surface area contributed by atoms with E-state index in [1.165, 1.54) is 6.20 Å². The standard InChI is InChI=1S/C16H25N5O5/c1-12(2)9-25-15(22)19-6-4-18(5-7-19)10-16(3)11-20-8-13(21(23)24)17-14(20)26-16/h8,12H,4-7,9-11H2,1-3H3. The first-order chi connectivity index (χ1) is 12.3. The fourth-order valence-electron chi connectivity index (χ4n) is 3.25. The van der Waals surface area contributed by atoms with Crippen molar-refractivity contribution in [3.8, 4) is 6.01 Å². The molecular formula is C16H25N5O5. The fourth-order valence-corrected chi connectivity index (χ4v) is 3.25. The van der Waals surface area contributed by atoms with Gasteiger partial charge in [0.05, 0.1) is 13.2 Å². The minimum atomic E-state index is -0.524. The summed E-state index contributed by atoms with van der Waals surface area (Å²) in [6, 6.07) is 0.287. The number of carbonyl (C=O) groups is 1. The van der Waals surface area contributed by atoms with Gasteiger partial charge in [-0.25, -0.2) is 4.79 Å². The third-order valence-electron chi connectivity index (χ3n) is 4.49. The van der Waals surface area contributed by atoms with Gasteiger partial charge in [0.2, 0.25) is 0 Å². The van der Waals surface area contributed by atoms with Gasteiger partial charge in [-0.3, -0.25) is 9.47 Å². The van der Waals surface area contributed by atoms with Gasteiger partial charge in [0.15, 0.2) is 0 Å². The number of aromatic nitrogens is 2. The molecule has 2 aliphatic rings. The molecule has 0 radical (unpaired) electrons. The molecule has 0 aromatic carbocycles. The summed E-state index contributed by atoms with van der Waals surface area (Å²) in [5.41, 5.74) is -0.488. The Bertz CT molecular complexity index is 657. The van der Waals surface area contributed by atoms with E-state index >= 15 is 0 Å². The van der Waals surface area contributed by atoms with Gasteiger partial charge in [0.1, 0.15) is 11.8 Å². The quantitative estimate of drug-likeness (QED) is 0.572. The largest absolute Gasteiger partial charge is 0.449 e. The van der Waals surface area contributed by atoms with Crippen molar-refractivity contribution in [2.24, 2.45) is 5.92 Å². The van der Waals surface area contributed by atoms with Crippen molar-refractivity contribution < 1.29 is 19.2 Å². The van der Waals surface area contributed by atoms with Crippen molar-refractivity contribution in [2.45, 2.75) is 32.9 Å². The number of nitro groups is 1. The van der Waals surface area contributed by atoms with Crippen LogP contribution in [0.25, 0.3) is 0 Å². The molecule has 10 heteroatoms. The van der Waals surface area contributed by atoms with Crippen LogP contribution in [0.3, 0.4) is 0 Å². The smallest absolute Gasteiger partial charge is 0.415 e. The highest BCUT2D eigenvalue weighted by Crippen LogP contribution is 2.31. The molecule has 0 saturated carbocycles. The number of nitrogens with zero attached hydrogens (tertiary/aromatic N) is 5. The van der Waals surface area contributed by atoms with E-state index in [1.807, 2.05) is 20.8 Å². The maximum absolute atomic E-state index is 12.0. The van der Waals surface area contributed by atoms with E-state index in [4.69, 9.17) is 9.47 Å². The summed E-state index contributed by atoms with van der Waals surface area (Å²) >= 11 is 0. The van der Waals surface area contributed by atoms with Gasteiger partial charge in [-0.1, -0.05) is 13.8 Å². The molecule has 26 heavy (non-hydrogen) atoms. The molecule has 1 fully saturated rings. The molecule has 1 aromatic heterocycles. The number of imidazole rings is 1. The van der Waals surface area contributed by atoms with Crippen LogP contribution in [0, 0.1) is 16.0 Å². The Labute approximate surface area is 151 Å². The number of piperazine rings is 1. The number of hydrogen-bond donors (Lipinski definition) is 0. The highest BCUT2D eigenvalue weighted by atomic mass is 16.6. The van der Waals surface area contributed by atoms with Crippen LogP contribution in [0.15, 0.2) is 6.20 Å². The van der Waals surface area contributed by atoms with E-state index < -0.39 is 10.5 Å². The maximum atomic E-state index is 12.0. The van der Waals surface area contributed by atoms with E-state index in [-0.39, 0.29) is 17.9 Å². The monoisotopic (exact) mass is 367 g/mol. The second-order valence-electron chi connectivity index (χ2n) is 7.55. The molecule has 1 unspecified atom stereocenters. The van der Waals surface area contributed by atoms with E-state index in [2.05, 4.69) is 9.88 Å². The Morgan fingerprint density at radius 2 is 2.12 bits per heavy atom. The number of amides is 1. The number of rotatable bonds is 5. The van der Waals surface area contributed by atoms with Crippen molar-refractivity contribution in [3.63, 3.8) is 0 Å². The van der Waals surface area contributed by atoms with Crippen LogP contribution in [0.2, 0.25) is 0 Å². The van der Waals surface area contributed by atoms with Crippen LogP contribution in [-0.4, -0.2) is 75.3 Å². The normalized spacial score (nSPS) is 23.0. The third-order valence-corrected chi connectivity index (χ3v) is 4.49. The second kappa shape index (κ2) is 7.10. The zero-order valence-corrected chi connectivity index (χ0v) is 15.4. The zero-order valence-electron chi connectivity index (χ0n) is 15.4. The van der Waals surface area contributed by atoms with Gasteiger partial charge in [-0.15, -0.1) is 0 Å². The zero-order chi connectivity index (χ0) is 18.9. The minimum Gasteiger partial charge on any atom is -0.449 e. The lowest BCUT2D eigenvalue weighted by Gasteiger charge is -2.37. The van der Waals surface area contributed by atoms with Gasteiger partial charge in [-0.05, 0) is 17.8 Å². The van der Waals surface area contributed by atoms with Crippen LogP contribution in [0.5, 0.6) is 6.01 Å². The SMILES string of the molecule is CC(C)COC(=O)N1CCN(CC2(C)Cn3cc([N+](=O)[O-])nc3O2)CC1. The molecule has 1 amide bonds. The Hall–Kier alpha value is -2.36. The summed E-state index contributed by atoms with van der Waals surface area (Å²) in [6.45, 7) is 10.3. The van der Waals surface area contributed by atoms with Crippen molar-refractivity contribution in [1.82, 2.24) is 19.4 Å². The molecule has 3 rings (SSSR count). The van der Waals surface area contributed by atoms with Gasteiger partial charge in [0.25, 0.3) is 0 Å². The topological polar surface area (TPSA) is 103 Å². The van der Waals surface area contributed by atoms with Crippen LogP contribution in [0.1, 0.15) is 20.8 Å². The van der Waals surface area contributed by atoms with Crippen molar-refractivity contribution in [1.29, 1.82) is 0 Å². The molecule has 3 heterocycles.